The molecule has 2 heterocycles. The van der Waals surface area contributed by atoms with Crippen LogP contribution in [0.15, 0.2) is 54.9 Å². The number of imidazole rings is 1. The number of hydrogen-bond donors (Lipinski definition) is 0. The molecule has 0 N–H and O–H groups in total. The van der Waals surface area contributed by atoms with Gasteiger partial charge in [0.15, 0.2) is 0 Å². The number of amides is 1. The van der Waals surface area contributed by atoms with Crippen molar-refractivity contribution in [2.45, 2.75) is 13.0 Å². The second-order valence-electron chi connectivity index (χ2n) is 6.59. The van der Waals surface area contributed by atoms with Crippen molar-refractivity contribution in [3.05, 3.63) is 60.4 Å². The number of para-hydroxylation sites is 3. The van der Waals surface area contributed by atoms with Crippen LogP contribution in [0.4, 0.5) is 5.69 Å². The highest BCUT2D eigenvalue weighted by atomic mass is 16.2. The Kier molecular flexibility index (Phi) is 4.24. The Labute approximate surface area is 147 Å². The maximum atomic E-state index is 12.7. The number of aromatic nitrogens is 2. The lowest BCUT2D eigenvalue weighted by Gasteiger charge is -2.22. The molecule has 0 unspecified atom stereocenters. The van der Waals surface area contributed by atoms with Gasteiger partial charge in [-0.15, -0.1) is 0 Å². The molecular weight excluding hydrogens is 312 g/mol. The van der Waals surface area contributed by atoms with Gasteiger partial charge in [-0.2, -0.15) is 0 Å². The predicted octanol–water partition coefficient (Wildman–Crippen LogP) is 2.56. The zero-order valence-electron chi connectivity index (χ0n) is 14.4. The summed E-state index contributed by atoms with van der Waals surface area (Å²) in [6.45, 7) is 2.85. The van der Waals surface area contributed by atoms with E-state index >= 15 is 0 Å². The molecule has 128 valence electrons. The van der Waals surface area contributed by atoms with Crippen molar-refractivity contribution >= 4 is 22.6 Å². The summed E-state index contributed by atoms with van der Waals surface area (Å²) in [5.41, 5.74) is 4.48. The van der Waals surface area contributed by atoms with Crippen LogP contribution >= 0.6 is 0 Å². The van der Waals surface area contributed by atoms with E-state index in [9.17, 15) is 4.79 Å². The molecule has 5 heteroatoms. The summed E-state index contributed by atoms with van der Waals surface area (Å²) in [5.74, 6) is 0.169. The van der Waals surface area contributed by atoms with E-state index in [0.29, 0.717) is 6.54 Å². The normalized spacial score (nSPS) is 13.6. The summed E-state index contributed by atoms with van der Waals surface area (Å²) < 4.78 is 2.14. The highest BCUT2D eigenvalue weighted by Gasteiger charge is 2.24. The fourth-order valence-corrected chi connectivity index (χ4v) is 3.46. The molecule has 25 heavy (non-hydrogen) atoms. The number of hydrogen-bond acceptors (Lipinski definition) is 3. The first-order chi connectivity index (χ1) is 12.2. The highest BCUT2D eigenvalue weighted by Crippen LogP contribution is 2.27. The predicted molar refractivity (Wildman–Crippen MR) is 99.7 cm³/mol. The van der Waals surface area contributed by atoms with Gasteiger partial charge >= 0.3 is 0 Å². The minimum atomic E-state index is 0.169. The molecule has 0 saturated carbocycles. The number of benzene rings is 2. The van der Waals surface area contributed by atoms with Gasteiger partial charge in [0.2, 0.25) is 5.91 Å². The second-order valence-corrected chi connectivity index (χ2v) is 6.59. The average Bonchev–Trinajstić information content (AvgIpc) is 3.24. The molecule has 0 bridgehead atoms. The molecule has 0 saturated heterocycles. The first-order valence-corrected chi connectivity index (χ1v) is 8.69. The Balaban J connectivity index is 1.36. The Hall–Kier alpha value is -2.66. The Morgan fingerprint density at radius 1 is 1.16 bits per heavy atom. The van der Waals surface area contributed by atoms with Gasteiger partial charge in [-0.05, 0) is 37.2 Å². The van der Waals surface area contributed by atoms with Gasteiger partial charge in [0.05, 0.1) is 23.9 Å². The number of nitrogens with zero attached hydrogens (tertiary/aromatic N) is 4. The summed E-state index contributed by atoms with van der Waals surface area (Å²) in [4.78, 5) is 21.1. The maximum Gasteiger partial charge on any atom is 0.241 e. The maximum absolute atomic E-state index is 12.7. The largest absolute Gasteiger partial charge is 0.329 e. The molecule has 4 rings (SSSR count). The first-order valence-electron chi connectivity index (χ1n) is 8.69. The number of fused-ring (bicyclic) bond motifs is 2. The minimum absolute atomic E-state index is 0.169. The SMILES string of the molecule is CN(CCn1cnc2ccccc21)CC(=O)N1CCc2ccccc21. The van der Waals surface area contributed by atoms with E-state index in [1.165, 1.54) is 5.56 Å². The fourth-order valence-electron chi connectivity index (χ4n) is 3.46. The van der Waals surface area contributed by atoms with Crippen molar-refractivity contribution in [3.63, 3.8) is 0 Å². The van der Waals surface area contributed by atoms with E-state index in [0.717, 1.165) is 42.8 Å². The van der Waals surface area contributed by atoms with Gasteiger partial charge in [-0.3, -0.25) is 9.69 Å². The van der Waals surface area contributed by atoms with Crippen molar-refractivity contribution in [2.24, 2.45) is 0 Å². The smallest absolute Gasteiger partial charge is 0.241 e. The van der Waals surface area contributed by atoms with Crippen molar-refractivity contribution in [1.82, 2.24) is 14.5 Å². The number of carbonyl (C=O) groups excluding carboxylic acids is 1. The minimum Gasteiger partial charge on any atom is -0.329 e. The van der Waals surface area contributed by atoms with Crippen LogP contribution in [0.2, 0.25) is 0 Å². The van der Waals surface area contributed by atoms with Crippen molar-refractivity contribution in [2.75, 3.05) is 31.6 Å². The molecule has 0 aliphatic carbocycles. The van der Waals surface area contributed by atoms with E-state index < -0.39 is 0 Å². The van der Waals surface area contributed by atoms with E-state index in [1.807, 2.05) is 54.7 Å². The Morgan fingerprint density at radius 3 is 2.88 bits per heavy atom. The van der Waals surface area contributed by atoms with Crippen LogP contribution < -0.4 is 4.90 Å². The third-order valence-electron chi connectivity index (χ3n) is 4.84. The van der Waals surface area contributed by atoms with Crippen LogP contribution in [0.5, 0.6) is 0 Å². The molecule has 1 aliphatic heterocycles. The van der Waals surface area contributed by atoms with Crippen LogP contribution in [-0.4, -0.2) is 47.0 Å². The zero-order chi connectivity index (χ0) is 17.2. The number of anilines is 1. The number of likely N-dealkylation sites (N-methyl/N-ethyl adjacent to an activating group) is 1. The third-order valence-corrected chi connectivity index (χ3v) is 4.84. The van der Waals surface area contributed by atoms with Gasteiger partial charge in [-0.1, -0.05) is 30.3 Å². The molecule has 0 atom stereocenters. The first kappa shape index (κ1) is 15.8. The van der Waals surface area contributed by atoms with Crippen molar-refractivity contribution in [1.29, 1.82) is 0 Å². The lowest BCUT2D eigenvalue weighted by Crippen LogP contribution is -2.39. The number of carbonyl (C=O) groups is 1. The second kappa shape index (κ2) is 6.69. The summed E-state index contributed by atoms with van der Waals surface area (Å²) in [6, 6.07) is 16.3. The summed E-state index contributed by atoms with van der Waals surface area (Å²) in [7, 11) is 2.00. The van der Waals surface area contributed by atoms with E-state index in [1.54, 1.807) is 0 Å². The quantitative estimate of drug-likeness (QED) is 0.720. The van der Waals surface area contributed by atoms with Crippen LogP contribution in [0, 0.1) is 0 Å². The van der Waals surface area contributed by atoms with Crippen LogP contribution in [0.3, 0.4) is 0 Å². The topological polar surface area (TPSA) is 41.4 Å². The standard InChI is InChI=1S/C20H22N4O/c1-22(12-13-23-15-21-17-7-3-5-9-19(17)23)14-20(25)24-11-10-16-6-2-4-8-18(16)24/h2-9,15H,10-14H2,1H3. The van der Waals surface area contributed by atoms with Crippen LogP contribution in [0.25, 0.3) is 11.0 Å². The average molecular weight is 334 g/mol. The molecule has 2 aromatic carbocycles. The van der Waals surface area contributed by atoms with Gasteiger partial charge in [0.1, 0.15) is 0 Å². The molecule has 5 nitrogen and oxygen atoms in total. The molecule has 1 amide bonds. The monoisotopic (exact) mass is 334 g/mol. The van der Waals surface area contributed by atoms with Crippen molar-refractivity contribution in [3.8, 4) is 0 Å². The van der Waals surface area contributed by atoms with E-state index in [2.05, 4.69) is 26.6 Å². The lowest BCUT2D eigenvalue weighted by molar-refractivity contribution is -0.119. The Morgan fingerprint density at radius 2 is 1.96 bits per heavy atom. The molecule has 3 aromatic rings. The zero-order valence-corrected chi connectivity index (χ0v) is 14.4. The third kappa shape index (κ3) is 3.15. The van der Waals surface area contributed by atoms with Gasteiger partial charge in [0, 0.05) is 25.3 Å². The van der Waals surface area contributed by atoms with Gasteiger partial charge in [-0.25, -0.2) is 4.98 Å². The molecular formula is C20H22N4O. The molecule has 0 fully saturated rings. The molecule has 0 spiro atoms. The Bertz CT molecular complexity index is 901. The highest BCUT2D eigenvalue weighted by molar-refractivity contribution is 5.96. The van der Waals surface area contributed by atoms with Crippen LogP contribution in [-0.2, 0) is 17.8 Å². The molecule has 1 aromatic heterocycles. The fraction of sp³-hybridized carbons (Fsp3) is 0.300. The van der Waals surface area contributed by atoms with E-state index in [4.69, 9.17) is 0 Å². The summed E-state index contributed by atoms with van der Waals surface area (Å²) in [5, 5.41) is 0. The number of rotatable bonds is 5. The van der Waals surface area contributed by atoms with Gasteiger partial charge < -0.3 is 9.47 Å². The van der Waals surface area contributed by atoms with Crippen molar-refractivity contribution < 1.29 is 4.79 Å². The molecule has 1 aliphatic rings. The van der Waals surface area contributed by atoms with E-state index in [-0.39, 0.29) is 5.91 Å². The van der Waals surface area contributed by atoms with Gasteiger partial charge in [0.25, 0.3) is 0 Å². The molecule has 0 radical (unpaired) electrons. The van der Waals surface area contributed by atoms with Crippen LogP contribution in [0.1, 0.15) is 5.56 Å². The summed E-state index contributed by atoms with van der Waals surface area (Å²) in [6.07, 6.45) is 2.82. The lowest BCUT2D eigenvalue weighted by atomic mass is 10.2. The summed E-state index contributed by atoms with van der Waals surface area (Å²) >= 11 is 0.